The molecule has 0 spiro atoms. The summed E-state index contributed by atoms with van der Waals surface area (Å²) in [4.78, 5) is 16.7. The Morgan fingerprint density at radius 2 is 1.89 bits per heavy atom. The molecule has 1 aliphatic heterocycles. The summed E-state index contributed by atoms with van der Waals surface area (Å²) in [5.41, 5.74) is 2.81. The van der Waals surface area contributed by atoms with Crippen molar-refractivity contribution in [2.75, 3.05) is 6.54 Å². The lowest BCUT2D eigenvalue weighted by molar-refractivity contribution is -0.149. The Balaban J connectivity index is 1.51. The Kier molecular flexibility index (Phi) is 6.06. The van der Waals surface area contributed by atoms with Crippen LogP contribution in [0.1, 0.15) is 29.5 Å². The zero-order valence-corrected chi connectivity index (χ0v) is 19.0. The lowest BCUT2D eigenvalue weighted by Crippen LogP contribution is -2.32. The van der Waals surface area contributed by atoms with Crippen molar-refractivity contribution in [3.63, 3.8) is 0 Å². The SMILES string of the molecule is Cc1c(-c2ccccc2)cccc1-c1nc2cc(COC(=O)[C@@H]3CCCN3)c(C(F)(F)F)cc2o1. The molecule has 1 atom stereocenters. The van der Waals surface area contributed by atoms with Crippen LogP contribution in [0.25, 0.3) is 33.7 Å². The summed E-state index contributed by atoms with van der Waals surface area (Å²) in [5, 5.41) is 2.99. The van der Waals surface area contributed by atoms with Gasteiger partial charge in [0.25, 0.3) is 0 Å². The van der Waals surface area contributed by atoms with Crippen molar-refractivity contribution in [3.05, 3.63) is 77.4 Å². The van der Waals surface area contributed by atoms with Gasteiger partial charge in [-0.3, -0.25) is 4.79 Å². The molecule has 1 fully saturated rings. The number of aromatic nitrogens is 1. The number of hydrogen-bond acceptors (Lipinski definition) is 5. The van der Waals surface area contributed by atoms with E-state index in [1.165, 1.54) is 6.07 Å². The second-order valence-electron chi connectivity index (χ2n) is 8.59. The van der Waals surface area contributed by atoms with Crippen LogP contribution in [0.4, 0.5) is 13.2 Å². The van der Waals surface area contributed by atoms with Crippen LogP contribution < -0.4 is 5.32 Å². The van der Waals surface area contributed by atoms with Crippen LogP contribution in [-0.4, -0.2) is 23.5 Å². The van der Waals surface area contributed by atoms with E-state index in [1.807, 2.05) is 55.5 Å². The molecule has 0 bridgehead atoms. The molecule has 5 nitrogen and oxygen atoms in total. The smallest absolute Gasteiger partial charge is 0.416 e. The molecule has 1 N–H and O–H groups in total. The fourth-order valence-electron chi connectivity index (χ4n) is 4.45. The minimum Gasteiger partial charge on any atom is -0.460 e. The summed E-state index contributed by atoms with van der Waals surface area (Å²) in [7, 11) is 0. The van der Waals surface area contributed by atoms with E-state index in [0.717, 1.165) is 29.2 Å². The quantitative estimate of drug-likeness (QED) is 0.341. The second-order valence-corrected chi connectivity index (χ2v) is 8.59. The number of carbonyl (C=O) groups excluding carboxylic acids is 1. The fraction of sp³-hybridized carbons (Fsp3) is 0.259. The molecule has 35 heavy (non-hydrogen) atoms. The lowest BCUT2D eigenvalue weighted by Gasteiger charge is -2.14. The van der Waals surface area contributed by atoms with Gasteiger partial charge in [-0.1, -0.05) is 42.5 Å². The predicted octanol–water partition coefficient (Wildman–Crippen LogP) is 6.28. The maximum Gasteiger partial charge on any atom is 0.416 e. The van der Waals surface area contributed by atoms with E-state index < -0.39 is 30.4 Å². The molecular weight excluding hydrogens is 457 g/mol. The molecular formula is C27H23F3N2O3. The number of nitrogens with one attached hydrogen (secondary N) is 1. The number of nitrogens with zero attached hydrogens (tertiary/aromatic N) is 1. The molecule has 1 aliphatic rings. The Bertz CT molecular complexity index is 1370. The van der Waals surface area contributed by atoms with Crippen molar-refractivity contribution < 1.29 is 27.1 Å². The standard InChI is InChI=1S/C27H23F3N2O3/c1-16-19(17-7-3-2-4-8-17)9-5-10-20(16)25-32-23-13-18(15-34-26(33)22-11-6-12-31-22)21(27(28,29)30)14-24(23)35-25/h2-5,7-10,13-14,22,31H,6,11-12,15H2,1H3/t22-/m0/s1. The topological polar surface area (TPSA) is 64.4 Å². The third-order valence-corrected chi connectivity index (χ3v) is 6.28. The number of oxazole rings is 1. The third-order valence-electron chi connectivity index (χ3n) is 6.28. The van der Waals surface area contributed by atoms with Gasteiger partial charge in [0.1, 0.15) is 18.2 Å². The van der Waals surface area contributed by atoms with E-state index >= 15 is 0 Å². The lowest BCUT2D eigenvalue weighted by atomic mass is 9.96. The van der Waals surface area contributed by atoms with Gasteiger partial charge in [-0.05, 0) is 61.2 Å². The second kappa shape index (κ2) is 9.19. The number of esters is 1. The van der Waals surface area contributed by atoms with Gasteiger partial charge in [0, 0.05) is 11.1 Å². The molecule has 0 radical (unpaired) electrons. The van der Waals surface area contributed by atoms with Crippen LogP contribution in [0.2, 0.25) is 0 Å². The number of ether oxygens (including phenoxy) is 1. The highest BCUT2D eigenvalue weighted by Gasteiger charge is 2.35. The summed E-state index contributed by atoms with van der Waals surface area (Å²) in [6, 6.07) is 17.2. The number of alkyl halides is 3. The Hall–Kier alpha value is -3.65. The molecule has 8 heteroatoms. The van der Waals surface area contributed by atoms with E-state index in [1.54, 1.807) is 0 Å². The highest BCUT2D eigenvalue weighted by molar-refractivity contribution is 5.81. The van der Waals surface area contributed by atoms with Crippen LogP contribution in [0.3, 0.4) is 0 Å². The molecule has 0 amide bonds. The van der Waals surface area contributed by atoms with Gasteiger partial charge in [0.2, 0.25) is 5.89 Å². The number of hydrogen-bond donors (Lipinski definition) is 1. The van der Waals surface area contributed by atoms with Gasteiger partial charge in [-0.15, -0.1) is 0 Å². The first-order valence-electron chi connectivity index (χ1n) is 11.4. The molecule has 5 rings (SSSR count). The van der Waals surface area contributed by atoms with Gasteiger partial charge in [0.15, 0.2) is 5.58 Å². The van der Waals surface area contributed by atoms with Crippen molar-refractivity contribution >= 4 is 17.1 Å². The number of fused-ring (bicyclic) bond motifs is 1. The van der Waals surface area contributed by atoms with E-state index in [9.17, 15) is 18.0 Å². The summed E-state index contributed by atoms with van der Waals surface area (Å²) >= 11 is 0. The van der Waals surface area contributed by atoms with Crippen LogP contribution in [0.5, 0.6) is 0 Å². The molecule has 1 aromatic heterocycles. The minimum absolute atomic E-state index is 0.0179. The molecule has 2 heterocycles. The van der Waals surface area contributed by atoms with Crippen molar-refractivity contribution in [1.82, 2.24) is 10.3 Å². The first-order valence-corrected chi connectivity index (χ1v) is 11.4. The third kappa shape index (κ3) is 4.66. The van der Waals surface area contributed by atoms with Crippen molar-refractivity contribution in [2.45, 2.75) is 38.6 Å². The van der Waals surface area contributed by atoms with Crippen LogP contribution in [0.15, 0.2) is 65.1 Å². The van der Waals surface area contributed by atoms with Crippen LogP contribution >= 0.6 is 0 Å². The fourth-order valence-corrected chi connectivity index (χ4v) is 4.45. The Morgan fingerprint density at radius 1 is 1.11 bits per heavy atom. The zero-order valence-electron chi connectivity index (χ0n) is 19.0. The van der Waals surface area contributed by atoms with Crippen molar-refractivity contribution in [3.8, 4) is 22.6 Å². The average molecular weight is 480 g/mol. The van der Waals surface area contributed by atoms with Gasteiger partial charge in [-0.25, -0.2) is 4.98 Å². The first kappa shape index (κ1) is 23.1. The van der Waals surface area contributed by atoms with E-state index in [2.05, 4.69) is 10.3 Å². The molecule has 180 valence electrons. The first-order chi connectivity index (χ1) is 16.8. The number of halogens is 3. The minimum atomic E-state index is -4.64. The van der Waals surface area contributed by atoms with Crippen LogP contribution in [0, 0.1) is 6.92 Å². The molecule has 0 unspecified atom stereocenters. The maximum atomic E-state index is 13.8. The van der Waals surface area contributed by atoms with Gasteiger partial charge in [-0.2, -0.15) is 13.2 Å². The molecule has 3 aromatic carbocycles. The summed E-state index contributed by atoms with van der Waals surface area (Å²) < 4.78 is 52.5. The van der Waals surface area contributed by atoms with E-state index in [0.29, 0.717) is 18.5 Å². The van der Waals surface area contributed by atoms with E-state index in [-0.39, 0.29) is 22.6 Å². The Labute approximate surface area is 199 Å². The highest BCUT2D eigenvalue weighted by atomic mass is 19.4. The number of benzene rings is 3. The van der Waals surface area contributed by atoms with E-state index in [4.69, 9.17) is 9.15 Å². The Morgan fingerprint density at radius 3 is 2.60 bits per heavy atom. The van der Waals surface area contributed by atoms with Gasteiger partial charge < -0.3 is 14.5 Å². The predicted molar refractivity (Wildman–Crippen MR) is 125 cm³/mol. The number of carbonyl (C=O) groups is 1. The van der Waals surface area contributed by atoms with Crippen LogP contribution in [-0.2, 0) is 22.3 Å². The summed E-state index contributed by atoms with van der Waals surface area (Å²) in [5.74, 6) is -0.322. The largest absolute Gasteiger partial charge is 0.460 e. The summed E-state index contributed by atoms with van der Waals surface area (Å²) in [6.07, 6.45) is -3.21. The van der Waals surface area contributed by atoms with Crippen molar-refractivity contribution in [1.29, 1.82) is 0 Å². The zero-order chi connectivity index (χ0) is 24.6. The number of rotatable bonds is 5. The van der Waals surface area contributed by atoms with Gasteiger partial charge in [0.05, 0.1) is 5.56 Å². The molecule has 0 aliphatic carbocycles. The highest BCUT2D eigenvalue weighted by Crippen LogP contribution is 2.38. The average Bonchev–Trinajstić information content (AvgIpc) is 3.52. The molecule has 1 saturated heterocycles. The van der Waals surface area contributed by atoms with Crippen molar-refractivity contribution in [2.24, 2.45) is 0 Å². The summed E-state index contributed by atoms with van der Waals surface area (Å²) in [6.45, 7) is 2.12. The monoisotopic (exact) mass is 480 g/mol. The molecule has 4 aromatic rings. The van der Waals surface area contributed by atoms with Gasteiger partial charge >= 0.3 is 12.1 Å². The normalized spacial score (nSPS) is 16.1. The maximum absolute atomic E-state index is 13.8. The molecule has 0 saturated carbocycles.